The predicted octanol–water partition coefficient (Wildman–Crippen LogP) is 1.64. The number of nitrogens with zero attached hydrogens (tertiary/aromatic N) is 2. The number of H-pyrrole nitrogens is 1. The lowest BCUT2D eigenvalue weighted by molar-refractivity contribution is 0.813. The second-order valence-electron chi connectivity index (χ2n) is 3.70. The highest BCUT2D eigenvalue weighted by Crippen LogP contribution is 2.20. The van der Waals surface area contributed by atoms with E-state index in [-0.39, 0.29) is 6.04 Å². The van der Waals surface area contributed by atoms with Gasteiger partial charge in [-0.25, -0.2) is 0 Å². The van der Waals surface area contributed by atoms with Crippen molar-refractivity contribution < 1.29 is 0 Å². The quantitative estimate of drug-likeness (QED) is 0.794. The van der Waals surface area contributed by atoms with E-state index in [2.05, 4.69) is 16.3 Å². The van der Waals surface area contributed by atoms with Gasteiger partial charge in [0.1, 0.15) is 6.07 Å². The number of rotatable bonds is 2. The molecule has 2 aromatic rings. The number of nitrogens with one attached hydrogen (secondary N) is 1. The number of aromatic nitrogens is 2. The molecular weight excluding hydrogens is 200 g/mol. The first-order valence-corrected chi connectivity index (χ1v) is 4.98. The van der Waals surface area contributed by atoms with Crippen molar-refractivity contribution >= 4 is 0 Å². The highest BCUT2D eigenvalue weighted by molar-refractivity contribution is 5.38. The van der Waals surface area contributed by atoms with Crippen LogP contribution in [0.2, 0.25) is 0 Å². The summed E-state index contributed by atoms with van der Waals surface area (Å²) < 4.78 is 0. The highest BCUT2D eigenvalue weighted by Gasteiger charge is 2.15. The summed E-state index contributed by atoms with van der Waals surface area (Å²) >= 11 is 0. The first-order chi connectivity index (χ1) is 7.72. The number of aromatic amines is 1. The SMILES string of the molecule is Cc1cccc(C(N)c2[nH]ncc2C#N)c1. The van der Waals surface area contributed by atoms with Crippen molar-refractivity contribution in [2.45, 2.75) is 13.0 Å². The lowest BCUT2D eigenvalue weighted by Gasteiger charge is -2.11. The third kappa shape index (κ3) is 1.81. The van der Waals surface area contributed by atoms with Crippen LogP contribution < -0.4 is 5.73 Å². The summed E-state index contributed by atoms with van der Waals surface area (Å²) in [6, 6.07) is 9.64. The first-order valence-electron chi connectivity index (χ1n) is 4.98. The largest absolute Gasteiger partial charge is 0.319 e. The molecule has 1 unspecified atom stereocenters. The van der Waals surface area contributed by atoms with Crippen LogP contribution in [0.5, 0.6) is 0 Å². The minimum Gasteiger partial charge on any atom is -0.319 e. The number of nitriles is 1. The summed E-state index contributed by atoms with van der Waals surface area (Å²) in [5.41, 5.74) is 9.36. The van der Waals surface area contributed by atoms with E-state index < -0.39 is 0 Å². The van der Waals surface area contributed by atoms with Crippen molar-refractivity contribution in [2.24, 2.45) is 5.73 Å². The molecule has 0 bridgehead atoms. The van der Waals surface area contributed by atoms with Crippen molar-refractivity contribution in [1.82, 2.24) is 10.2 Å². The van der Waals surface area contributed by atoms with Crippen LogP contribution in [0.3, 0.4) is 0 Å². The molecule has 0 radical (unpaired) electrons. The smallest absolute Gasteiger partial charge is 0.103 e. The fourth-order valence-corrected chi connectivity index (χ4v) is 1.65. The Morgan fingerprint density at radius 3 is 3.00 bits per heavy atom. The molecule has 4 nitrogen and oxygen atoms in total. The monoisotopic (exact) mass is 212 g/mol. The molecule has 0 aliphatic heterocycles. The molecular formula is C12H12N4. The Morgan fingerprint density at radius 1 is 1.50 bits per heavy atom. The third-order valence-electron chi connectivity index (χ3n) is 2.50. The molecule has 0 fully saturated rings. The average molecular weight is 212 g/mol. The normalized spacial score (nSPS) is 12.1. The van der Waals surface area contributed by atoms with Crippen molar-refractivity contribution in [3.8, 4) is 6.07 Å². The zero-order valence-electron chi connectivity index (χ0n) is 8.94. The van der Waals surface area contributed by atoms with Crippen molar-refractivity contribution in [2.75, 3.05) is 0 Å². The van der Waals surface area contributed by atoms with Crippen LogP contribution in [-0.2, 0) is 0 Å². The topological polar surface area (TPSA) is 78.5 Å². The Bertz CT molecular complexity index is 536. The van der Waals surface area contributed by atoms with E-state index in [1.54, 1.807) is 0 Å². The fraction of sp³-hybridized carbons (Fsp3) is 0.167. The molecule has 0 amide bonds. The number of nitrogens with two attached hydrogens (primary N) is 1. The van der Waals surface area contributed by atoms with E-state index in [1.165, 1.54) is 6.20 Å². The molecule has 1 aromatic carbocycles. The maximum absolute atomic E-state index is 8.89. The van der Waals surface area contributed by atoms with Crippen molar-refractivity contribution in [3.05, 3.63) is 52.8 Å². The summed E-state index contributed by atoms with van der Waals surface area (Å²) in [5, 5.41) is 15.5. The Balaban J connectivity index is 2.40. The molecule has 2 rings (SSSR count). The van der Waals surface area contributed by atoms with Gasteiger partial charge in [0.25, 0.3) is 0 Å². The molecule has 0 aliphatic carbocycles. The van der Waals surface area contributed by atoms with E-state index in [0.29, 0.717) is 11.3 Å². The number of hydrogen-bond donors (Lipinski definition) is 2. The van der Waals surface area contributed by atoms with Gasteiger partial charge >= 0.3 is 0 Å². The molecule has 80 valence electrons. The summed E-state index contributed by atoms with van der Waals surface area (Å²) in [6.07, 6.45) is 1.49. The van der Waals surface area contributed by atoms with Gasteiger partial charge in [-0.2, -0.15) is 10.4 Å². The van der Waals surface area contributed by atoms with Gasteiger partial charge in [-0.05, 0) is 12.5 Å². The van der Waals surface area contributed by atoms with Gasteiger partial charge in [0.2, 0.25) is 0 Å². The molecule has 3 N–H and O–H groups in total. The van der Waals surface area contributed by atoms with Crippen molar-refractivity contribution in [3.63, 3.8) is 0 Å². The average Bonchev–Trinajstić information content (AvgIpc) is 2.76. The zero-order valence-corrected chi connectivity index (χ0v) is 8.94. The van der Waals surface area contributed by atoms with Gasteiger partial charge in [-0.15, -0.1) is 0 Å². The van der Waals surface area contributed by atoms with E-state index in [9.17, 15) is 0 Å². The van der Waals surface area contributed by atoms with Crippen LogP contribution in [-0.4, -0.2) is 10.2 Å². The minimum absolute atomic E-state index is 0.336. The standard InChI is InChI=1S/C12H12N4/c1-8-3-2-4-9(5-8)11(14)12-10(6-13)7-15-16-12/h2-5,7,11H,14H2,1H3,(H,15,16). The highest BCUT2D eigenvalue weighted by atomic mass is 15.1. The van der Waals surface area contributed by atoms with E-state index >= 15 is 0 Å². The fourth-order valence-electron chi connectivity index (χ4n) is 1.65. The van der Waals surface area contributed by atoms with Gasteiger partial charge in [-0.3, -0.25) is 5.10 Å². The van der Waals surface area contributed by atoms with Crippen LogP contribution in [0.15, 0.2) is 30.5 Å². The maximum atomic E-state index is 8.89. The lowest BCUT2D eigenvalue weighted by atomic mass is 10.0. The van der Waals surface area contributed by atoms with E-state index in [0.717, 1.165) is 11.1 Å². The van der Waals surface area contributed by atoms with Gasteiger partial charge < -0.3 is 5.73 Å². The predicted molar refractivity (Wildman–Crippen MR) is 60.5 cm³/mol. The zero-order chi connectivity index (χ0) is 11.5. The molecule has 16 heavy (non-hydrogen) atoms. The van der Waals surface area contributed by atoms with Crippen LogP contribution in [0.4, 0.5) is 0 Å². The van der Waals surface area contributed by atoms with Crippen LogP contribution in [0.25, 0.3) is 0 Å². The number of aryl methyl sites for hydroxylation is 1. The second kappa shape index (κ2) is 4.17. The molecule has 0 saturated carbocycles. The Morgan fingerprint density at radius 2 is 2.31 bits per heavy atom. The van der Waals surface area contributed by atoms with Gasteiger partial charge in [0.05, 0.1) is 23.5 Å². The first kappa shape index (κ1) is 10.4. The number of benzene rings is 1. The van der Waals surface area contributed by atoms with Crippen LogP contribution in [0.1, 0.15) is 28.4 Å². The molecule has 1 heterocycles. The van der Waals surface area contributed by atoms with Crippen LogP contribution >= 0.6 is 0 Å². The summed E-state index contributed by atoms with van der Waals surface area (Å²) in [4.78, 5) is 0. The van der Waals surface area contributed by atoms with Gasteiger partial charge in [0.15, 0.2) is 0 Å². The molecule has 1 atom stereocenters. The Hall–Kier alpha value is -2.12. The molecule has 0 saturated heterocycles. The third-order valence-corrected chi connectivity index (χ3v) is 2.50. The maximum Gasteiger partial charge on any atom is 0.103 e. The lowest BCUT2D eigenvalue weighted by Crippen LogP contribution is -2.13. The molecule has 0 aliphatic rings. The molecule has 4 heteroatoms. The van der Waals surface area contributed by atoms with Crippen molar-refractivity contribution in [1.29, 1.82) is 5.26 Å². The second-order valence-corrected chi connectivity index (χ2v) is 3.70. The van der Waals surface area contributed by atoms with Crippen LogP contribution in [0, 0.1) is 18.3 Å². The van der Waals surface area contributed by atoms with Gasteiger partial charge in [-0.1, -0.05) is 29.8 Å². The van der Waals surface area contributed by atoms with Gasteiger partial charge in [0, 0.05) is 0 Å². The Labute approximate surface area is 93.7 Å². The summed E-state index contributed by atoms with van der Waals surface area (Å²) in [5.74, 6) is 0. The van der Waals surface area contributed by atoms with E-state index in [1.807, 2.05) is 31.2 Å². The summed E-state index contributed by atoms with van der Waals surface area (Å²) in [6.45, 7) is 2.01. The molecule has 0 spiro atoms. The minimum atomic E-state index is -0.336. The summed E-state index contributed by atoms with van der Waals surface area (Å²) in [7, 11) is 0. The van der Waals surface area contributed by atoms with E-state index in [4.69, 9.17) is 11.0 Å². The number of hydrogen-bond acceptors (Lipinski definition) is 3. The Kier molecular flexibility index (Phi) is 2.71. The molecule has 1 aromatic heterocycles.